The Hall–Kier alpha value is -1.85. The van der Waals surface area contributed by atoms with Crippen molar-refractivity contribution in [2.75, 3.05) is 5.73 Å². The molecule has 0 saturated carbocycles. The van der Waals surface area contributed by atoms with Gasteiger partial charge in [-0.3, -0.25) is 9.78 Å². The highest BCUT2D eigenvalue weighted by atomic mass is 16.1. The minimum atomic E-state index is -0.227. The molecule has 0 bridgehead atoms. The zero-order chi connectivity index (χ0) is 8.72. The van der Waals surface area contributed by atoms with Crippen molar-refractivity contribution < 1.29 is 4.68 Å². The van der Waals surface area contributed by atoms with Gasteiger partial charge in [0.1, 0.15) is 7.05 Å². The summed E-state index contributed by atoms with van der Waals surface area (Å²) < 4.78 is 1.63. The molecule has 0 aromatic carbocycles. The van der Waals surface area contributed by atoms with E-state index in [0.717, 1.165) is 0 Å². The number of nitrogens with one attached hydrogen (secondary N) is 2. The number of nitrogens with two attached hydrogens (primary N) is 1. The van der Waals surface area contributed by atoms with Gasteiger partial charge in [-0.15, -0.1) is 0 Å². The first kappa shape index (κ1) is 6.84. The first-order chi connectivity index (χ1) is 5.68. The van der Waals surface area contributed by atoms with Crippen LogP contribution in [-0.2, 0) is 7.05 Å². The van der Waals surface area contributed by atoms with Gasteiger partial charge in [-0.2, -0.15) is 4.68 Å². The van der Waals surface area contributed by atoms with Crippen molar-refractivity contribution in [3.05, 3.63) is 16.6 Å². The molecule has 0 saturated heterocycles. The predicted octanol–water partition coefficient (Wildman–Crippen LogP) is -1.34. The van der Waals surface area contributed by atoms with Crippen LogP contribution in [0.2, 0.25) is 0 Å². The first-order valence-corrected chi connectivity index (χ1v) is 3.41. The Morgan fingerprint density at radius 2 is 2.42 bits per heavy atom. The lowest BCUT2D eigenvalue weighted by molar-refractivity contribution is -0.704. The number of fused-ring (bicyclic) bond motifs is 1. The van der Waals surface area contributed by atoms with Crippen LogP contribution in [0.15, 0.2) is 11.0 Å². The number of nitrogens with zero attached hydrogens (tertiary/aromatic N) is 2. The van der Waals surface area contributed by atoms with Gasteiger partial charge >= 0.3 is 11.6 Å². The summed E-state index contributed by atoms with van der Waals surface area (Å²) in [5.74, 6) is 0.128. The molecule has 62 valence electrons. The molecule has 6 nitrogen and oxygen atoms in total. The zero-order valence-corrected chi connectivity index (χ0v) is 6.46. The lowest BCUT2D eigenvalue weighted by Gasteiger charge is -1.84. The van der Waals surface area contributed by atoms with Crippen LogP contribution in [-0.4, -0.2) is 15.1 Å². The molecule has 0 unspecified atom stereocenters. The quantitative estimate of drug-likeness (QED) is 0.423. The maximum Gasteiger partial charge on any atom is 0.360 e. The molecular weight excluding hydrogens is 158 g/mol. The van der Waals surface area contributed by atoms with Crippen LogP contribution in [0.4, 0.5) is 5.95 Å². The van der Waals surface area contributed by atoms with Crippen LogP contribution < -0.4 is 16.0 Å². The number of aryl methyl sites for hydroxylation is 1. The Morgan fingerprint density at radius 3 is 3.17 bits per heavy atom. The van der Waals surface area contributed by atoms with E-state index in [1.54, 1.807) is 17.9 Å². The predicted molar refractivity (Wildman–Crippen MR) is 42.3 cm³/mol. The minimum Gasteiger partial charge on any atom is -0.348 e. The second-order valence-electron chi connectivity index (χ2n) is 2.52. The maximum atomic E-state index is 11.2. The number of H-pyrrole nitrogens is 2. The smallest absolute Gasteiger partial charge is 0.348 e. The van der Waals surface area contributed by atoms with E-state index in [9.17, 15) is 4.79 Å². The van der Waals surface area contributed by atoms with E-state index in [1.807, 2.05) is 0 Å². The van der Waals surface area contributed by atoms with Crippen LogP contribution in [0.5, 0.6) is 0 Å². The lowest BCUT2D eigenvalue weighted by atomic mass is 10.4. The third kappa shape index (κ3) is 0.777. The van der Waals surface area contributed by atoms with Crippen molar-refractivity contribution in [2.45, 2.75) is 0 Å². The standard InChI is InChI=1S/C6H7N5O/c1-11-4-3(2-8-11)5(12)10-6(7)9-4/h2H,1H3,(H3,7,8,9,10,12)/p+1. The van der Waals surface area contributed by atoms with Gasteiger partial charge in [0.2, 0.25) is 0 Å². The van der Waals surface area contributed by atoms with Gasteiger partial charge in [0, 0.05) is 0 Å². The van der Waals surface area contributed by atoms with E-state index in [0.29, 0.717) is 11.0 Å². The monoisotopic (exact) mass is 166 g/mol. The molecule has 0 fully saturated rings. The molecular formula is C6H8N5O+. The van der Waals surface area contributed by atoms with Gasteiger partial charge < -0.3 is 5.73 Å². The third-order valence-electron chi connectivity index (χ3n) is 1.67. The molecule has 0 aliphatic rings. The summed E-state index contributed by atoms with van der Waals surface area (Å²) in [5, 5.41) is 3.33. The van der Waals surface area contributed by atoms with Crippen molar-refractivity contribution in [1.82, 2.24) is 15.1 Å². The molecule has 12 heavy (non-hydrogen) atoms. The molecule has 0 aliphatic heterocycles. The number of hydrogen-bond donors (Lipinski definition) is 3. The first-order valence-electron chi connectivity index (χ1n) is 3.41. The highest BCUT2D eigenvalue weighted by Gasteiger charge is 2.13. The van der Waals surface area contributed by atoms with Crippen molar-refractivity contribution in [2.24, 2.45) is 7.05 Å². The lowest BCUT2D eigenvalue weighted by Crippen LogP contribution is -2.31. The fraction of sp³-hybridized carbons (Fsp3) is 0.167. The van der Waals surface area contributed by atoms with Crippen LogP contribution in [0.1, 0.15) is 0 Å². The number of rotatable bonds is 0. The van der Waals surface area contributed by atoms with E-state index in [4.69, 9.17) is 5.73 Å². The molecule has 6 heteroatoms. The van der Waals surface area contributed by atoms with Gasteiger partial charge in [0.25, 0.3) is 5.56 Å². The van der Waals surface area contributed by atoms with Gasteiger partial charge in [0.15, 0.2) is 5.39 Å². The highest BCUT2D eigenvalue weighted by Crippen LogP contribution is 1.98. The van der Waals surface area contributed by atoms with Gasteiger partial charge in [0.05, 0.1) is 6.20 Å². The number of aromatic amines is 2. The molecule has 2 aromatic heterocycles. The van der Waals surface area contributed by atoms with Crippen molar-refractivity contribution in [3.8, 4) is 0 Å². The van der Waals surface area contributed by atoms with E-state index >= 15 is 0 Å². The Morgan fingerprint density at radius 1 is 1.67 bits per heavy atom. The van der Waals surface area contributed by atoms with Crippen LogP contribution >= 0.6 is 0 Å². The average Bonchev–Trinajstić information content (AvgIpc) is 2.33. The SMILES string of the molecule is C[n+]1[nH]cc2c(=O)[nH]c(N)nc21. The fourth-order valence-corrected chi connectivity index (χ4v) is 1.10. The molecule has 2 rings (SSSR count). The Bertz CT molecular complexity index is 482. The highest BCUT2D eigenvalue weighted by molar-refractivity contribution is 5.70. The summed E-state index contributed by atoms with van der Waals surface area (Å²) in [6.45, 7) is 0. The summed E-state index contributed by atoms with van der Waals surface area (Å²) >= 11 is 0. The minimum absolute atomic E-state index is 0.128. The molecule has 0 radical (unpaired) electrons. The van der Waals surface area contributed by atoms with E-state index < -0.39 is 0 Å². The zero-order valence-electron chi connectivity index (χ0n) is 6.46. The van der Waals surface area contributed by atoms with Crippen molar-refractivity contribution >= 4 is 17.0 Å². The summed E-state index contributed by atoms with van der Waals surface area (Å²) in [5.41, 5.74) is 5.68. The average molecular weight is 166 g/mol. The van der Waals surface area contributed by atoms with Gasteiger partial charge in [-0.05, 0) is 4.98 Å². The number of nitrogen functional groups attached to an aromatic ring is 1. The van der Waals surface area contributed by atoms with Gasteiger partial charge in [-0.1, -0.05) is 0 Å². The molecule has 2 aromatic rings. The maximum absolute atomic E-state index is 11.2. The van der Waals surface area contributed by atoms with Crippen LogP contribution in [0, 0.1) is 0 Å². The van der Waals surface area contributed by atoms with E-state index in [1.165, 1.54) is 0 Å². The Balaban J connectivity index is 3.03. The normalized spacial score (nSPS) is 10.8. The van der Waals surface area contributed by atoms with Gasteiger partial charge in [-0.25, -0.2) is 5.10 Å². The Labute approximate surface area is 67.0 Å². The van der Waals surface area contributed by atoms with E-state index in [2.05, 4.69) is 15.1 Å². The molecule has 2 heterocycles. The van der Waals surface area contributed by atoms with Crippen molar-refractivity contribution in [1.29, 1.82) is 0 Å². The number of anilines is 1. The third-order valence-corrected chi connectivity index (χ3v) is 1.67. The molecule has 4 N–H and O–H groups in total. The Kier molecular flexibility index (Phi) is 1.18. The van der Waals surface area contributed by atoms with Crippen LogP contribution in [0.3, 0.4) is 0 Å². The summed E-state index contributed by atoms with van der Waals surface area (Å²) in [6.07, 6.45) is 1.58. The molecule has 0 spiro atoms. The molecule has 0 atom stereocenters. The largest absolute Gasteiger partial charge is 0.360 e. The number of aromatic nitrogens is 4. The van der Waals surface area contributed by atoms with Crippen molar-refractivity contribution in [3.63, 3.8) is 0 Å². The number of hydrogen-bond acceptors (Lipinski definition) is 3. The van der Waals surface area contributed by atoms with E-state index in [-0.39, 0.29) is 11.5 Å². The second kappa shape index (κ2) is 2.07. The van der Waals surface area contributed by atoms with Crippen LogP contribution in [0.25, 0.3) is 11.0 Å². The summed E-state index contributed by atoms with van der Waals surface area (Å²) in [4.78, 5) is 17.6. The second-order valence-corrected chi connectivity index (χ2v) is 2.52. The topological polar surface area (TPSA) is 91.4 Å². The molecule has 0 aliphatic carbocycles. The summed E-state index contributed by atoms with van der Waals surface area (Å²) in [6, 6.07) is 0. The molecule has 0 amide bonds. The summed E-state index contributed by atoms with van der Waals surface area (Å²) in [7, 11) is 1.76. The fourth-order valence-electron chi connectivity index (χ4n) is 1.10.